The van der Waals surface area contributed by atoms with Crippen molar-refractivity contribution < 1.29 is 14.3 Å². The molecular formula is C20H31N5O3. The van der Waals surface area contributed by atoms with Crippen molar-refractivity contribution in [2.45, 2.75) is 51.4 Å². The van der Waals surface area contributed by atoms with E-state index in [4.69, 9.17) is 4.74 Å². The van der Waals surface area contributed by atoms with Gasteiger partial charge in [0, 0.05) is 33.2 Å². The predicted octanol–water partition coefficient (Wildman–Crippen LogP) is 0.866. The Kier molecular flexibility index (Phi) is 5.42. The van der Waals surface area contributed by atoms with E-state index in [1.165, 1.54) is 6.42 Å². The molecule has 28 heavy (non-hydrogen) atoms. The van der Waals surface area contributed by atoms with Crippen molar-refractivity contribution in [3.8, 4) is 0 Å². The summed E-state index contributed by atoms with van der Waals surface area (Å²) in [6, 6.07) is 1.80. The molecule has 0 radical (unpaired) electrons. The summed E-state index contributed by atoms with van der Waals surface area (Å²) in [7, 11) is 1.61. The van der Waals surface area contributed by atoms with Crippen LogP contribution in [0, 0.1) is 5.92 Å². The molecule has 1 unspecified atom stereocenters. The summed E-state index contributed by atoms with van der Waals surface area (Å²) in [5, 5.41) is 7.07. The Labute approximate surface area is 166 Å². The zero-order valence-corrected chi connectivity index (χ0v) is 16.9. The molecule has 8 nitrogen and oxygen atoms in total. The SMILES string of the molecule is CNC(=O)c1cc2n(n1)CC1(CCN(CC(=O)N3CCCC(C)C3)CC1)OC2. The lowest BCUT2D eigenvalue weighted by Crippen LogP contribution is -2.53. The van der Waals surface area contributed by atoms with Gasteiger partial charge in [0.1, 0.15) is 0 Å². The van der Waals surface area contributed by atoms with Crippen LogP contribution >= 0.6 is 0 Å². The topological polar surface area (TPSA) is 79.7 Å². The van der Waals surface area contributed by atoms with Gasteiger partial charge < -0.3 is 15.0 Å². The third-order valence-electron chi connectivity index (χ3n) is 6.42. The van der Waals surface area contributed by atoms with Crippen LogP contribution in [0.1, 0.15) is 48.8 Å². The second-order valence-corrected chi connectivity index (χ2v) is 8.59. The van der Waals surface area contributed by atoms with Gasteiger partial charge in [-0.05, 0) is 37.7 Å². The van der Waals surface area contributed by atoms with Gasteiger partial charge in [-0.3, -0.25) is 19.2 Å². The number of rotatable bonds is 3. The van der Waals surface area contributed by atoms with Crippen LogP contribution in [0.3, 0.4) is 0 Å². The van der Waals surface area contributed by atoms with Gasteiger partial charge in [-0.2, -0.15) is 5.10 Å². The number of fused-ring (bicyclic) bond motifs is 1. The summed E-state index contributed by atoms with van der Waals surface area (Å²) in [6.07, 6.45) is 4.11. The van der Waals surface area contributed by atoms with Crippen molar-refractivity contribution >= 4 is 11.8 Å². The fraction of sp³-hybridized carbons (Fsp3) is 0.750. The van der Waals surface area contributed by atoms with Gasteiger partial charge >= 0.3 is 0 Å². The van der Waals surface area contributed by atoms with E-state index in [1.807, 2.05) is 9.58 Å². The molecule has 2 amide bonds. The van der Waals surface area contributed by atoms with Crippen molar-refractivity contribution in [1.82, 2.24) is 24.9 Å². The van der Waals surface area contributed by atoms with E-state index in [2.05, 4.69) is 22.2 Å². The summed E-state index contributed by atoms with van der Waals surface area (Å²) in [5.41, 5.74) is 1.15. The Balaban J connectivity index is 1.32. The third-order valence-corrected chi connectivity index (χ3v) is 6.42. The molecule has 1 aromatic heterocycles. The Bertz CT molecular complexity index is 738. The minimum Gasteiger partial charge on any atom is -0.367 e. The molecule has 0 bridgehead atoms. The smallest absolute Gasteiger partial charge is 0.271 e. The highest BCUT2D eigenvalue weighted by molar-refractivity contribution is 5.92. The minimum atomic E-state index is -0.238. The molecule has 1 atom stereocenters. The average Bonchev–Trinajstić information content (AvgIpc) is 3.12. The number of piperidine rings is 2. The zero-order valence-electron chi connectivity index (χ0n) is 16.9. The lowest BCUT2D eigenvalue weighted by molar-refractivity contribution is -0.140. The molecule has 0 aromatic carbocycles. The fourth-order valence-electron chi connectivity index (χ4n) is 4.62. The van der Waals surface area contributed by atoms with Crippen molar-refractivity contribution in [2.75, 3.05) is 39.8 Å². The third kappa shape index (κ3) is 3.93. The van der Waals surface area contributed by atoms with Crippen LogP contribution in [0.4, 0.5) is 0 Å². The summed E-state index contributed by atoms with van der Waals surface area (Å²) in [4.78, 5) is 28.8. The Morgan fingerprint density at radius 2 is 2.11 bits per heavy atom. The van der Waals surface area contributed by atoms with Gasteiger partial charge in [0.2, 0.25) is 5.91 Å². The maximum atomic E-state index is 12.6. The van der Waals surface area contributed by atoms with Crippen LogP contribution in [-0.2, 0) is 22.7 Å². The quantitative estimate of drug-likeness (QED) is 0.830. The monoisotopic (exact) mass is 389 g/mol. The number of hydrogen-bond donors (Lipinski definition) is 1. The number of amides is 2. The fourth-order valence-corrected chi connectivity index (χ4v) is 4.62. The Morgan fingerprint density at radius 1 is 1.32 bits per heavy atom. The van der Waals surface area contributed by atoms with Crippen molar-refractivity contribution in [3.05, 3.63) is 17.5 Å². The standard InChI is InChI=1S/C20H31N5O3/c1-15-4-3-7-24(11-15)18(26)12-23-8-5-20(6-9-23)14-25-16(13-28-20)10-17(22-25)19(27)21-2/h10,15H,3-9,11-14H2,1-2H3,(H,21,27). The second kappa shape index (κ2) is 7.83. The van der Waals surface area contributed by atoms with Crippen LogP contribution < -0.4 is 5.32 Å². The summed E-state index contributed by atoms with van der Waals surface area (Å²) < 4.78 is 8.15. The number of likely N-dealkylation sites (tertiary alicyclic amines) is 2. The molecule has 4 heterocycles. The number of carbonyl (C=O) groups is 2. The van der Waals surface area contributed by atoms with E-state index in [0.717, 1.165) is 51.1 Å². The number of aromatic nitrogens is 2. The molecule has 1 N–H and O–H groups in total. The first-order valence-corrected chi connectivity index (χ1v) is 10.4. The van der Waals surface area contributed by atoms with E-state index >= 15 is 0 Å². The highest BCUT2D eigenvalue weighted by Gasteiger charge is 2.40. The van der Waals surface area contributed by atoms with Gasteiger partial charge in [0.25, 0.3) is 5.91 Å². The lowest BCUT2D eigenvalue weighted by atomic mass is 9.90. The number of ether oxygens (including phenoxy) is 1. The van der Waals surface area contributed by atoms with Crippen LogP contribution in [0.2, 0.25) is 0 Å². The van der Waals surface area contributed by atoms with Gasteiger partial charge in [-0.1, -0.05) is 6.92 Å². The van der Waals surface area contributed by atoms with Crippen molar-refractivity contribution in [1.29, 1.82) is 0 Å². The van der Waals surface area contributed by atoms with Crippen LogP contribution in [0.15, 0.2) is 6.07 Å². The number of carbonyl (C=O) groups excluding carboxylic acids is 2. The molecule has 2 saturated heterocycles. The van der Waals surface area contributed by atoms with E-state index in [1.54, 1.807) is 13.1 Å². The van der Waals surface area contributed by atoms with E-state index < -0.39 is 0 Å². The van der Waals surface area contributed by atoms with Crippen molar-refractivity contribution in [2.24, 2.45) is 5.92 Å². The first-order valence-electron chi connectivity index (χ1n) is 10.4. The first kappa shape index (κ1) is 19.4. The van der Waals surface area contributed by atoms with E-state index in [-0.39, 0.29) is 17.4 Å². The maximum absolute atomic E-state index is 12.6. The lowest BCUT2D eigenvalue weighted by Gasteiger charge is -2.44. The number of nitrogens with one attached hydrogen (secondary N) is 1. The molecule has 0 aliphatic carbocycles. The van der Waals surface area contributed by atoms with Gasteiger partial charge in [-0.25, -0.2) is 0 Å². The Morgan fingerprint density at radius 3 is 2.82 bits per heavy atom. The van der Waals surface area contributed by atoms with Crippen molar-refractivity contribution in [3.63, 3.8) is 0 Å². The predicted molar refractivity (Wildman–Crippen MR) is 104 cm³/mol. The summed E-state index contributed by atoms with van der Waals surface area (Å²) in [5.74, 6) is 0.703. The number of nitrogens with zero attached hydrogens (tertiary/aromatic N) is 4. The molecule has 8 heteroatoms. The highest BCUT2D eigenvalue weighted by Crippen LogP contribution is 2.33. The molecule has 1 aromatic rings. The molecule has 3 aliphatic heterocycles. The number of hydrogen-bond acceptors (Lipinski definition) is 5. The van der Waals surface area contributed by atoms with E-state index in [0.29, 0.717) is 31.3 Å². The Hall–Kier alpha value is -1.93. The summed E-state index contributed by atoms with van der Waals surface area (Å²) >= 11 is 0. The molecular weight excluding hydrogens is 358 g/mol. The molecule has 0 saturated carbocycles. The van der Waals surface area contributed by atoms with Crippen LogP contribution in [0.25, 0.3) is 0 Å². The van der Waals surface area contributed by atoms with E-state index in [9.17, 15) is 9.59 Å². The average molecular weight is 390 g/mol. The molecule has 4 rings (SSSR count). The molecule has 2 fully saturated rings. The van der Waals surface area contributed by atoms with Crippen LogP contribution in [-0.4, -0.2) is 76.8 Å². The van der Waals surface area contributed by atoms with Gasteiger partial charge in [-0.15, -0.1) is 0 Å². The first-order chi connectivity index (χ1) is 13.5. The molecule has 154 valence electrons. The normalized spacial score (nSPS) is 24.8. The van der Waals surface area contributed by atoms with Gasteiger partial charge in [0.15, 0.2) is 5.69 Å². The molecule has 1 spiro atoms. The maximum Gasteiger partial charge on any atom is 0.271 e. The van der Waals surface area contributed by atoms with Gasteiger partial charge in [0.05, 0.1) is 31.0 Å². The zero-order chi connectivity index (χ0) is 19.7. The highest BCUT2D eigenvalue weighted by atomic mass is 16.5. The van der Waals surface area contributed by atoms with Crippen LogP contribution in [0.5, 0.6) is 0 Å². The minimum absolute atomic E-state index is 0.170. The largest absolute Gasteiger partial charge is 0.367 e. The second-order valence-electron chi connectivity index (χ2n) is 8.59. The summed E-state index contributed by atoms with van der Waals surface area (Å²) in [6.45, 7) is 7.40. The molecule has 3 aliphatic rings.